The van der Waals surface area contributed by atoms with Crippen molar-refractivity contribution in [1.29, 1.82) is 0 Å². The number of sulfonamides is 1. The van der Waals surface area contributed by atoms with E-state index in [-0.39, 0.29) is 10.9 Å². The fourth-order valence-corrected chi connectivity index (χ4v) is 4.70. The van der Waals surface area contributed by atoms with Crippen LogP contribution in [0.2, 0.25) is 0 Å². The molecule has 0 aromatic heterocycles. The van der Waals surface area contributed by atoms with E-state index >= 15 is 0 Å². The van der Waals surface area contributed by atoms with Crippen LogP contribution in [-0.4, -0.2) is 27.5 Å². The summed E-state index contributed by atoms with van der Waals surface area (Å²) in [7, 11) is -4.10. The molecule has 3 aromatic carbocycles. The zero-order valence-electron chi connectivity index (χ0n) is 18.8. The van der Waals surface area contributed by atoms with Crippen molar-refractivity contribution in [3.8, 4) is 5.75 Å². The van der Waals surface area contributed by atoms with Gasteiger partial charge in [-0.3, -0.25) is 9.10 Å². The third-order valence-electron chi connectivity index (χ3n) is 5.08. The normalized spacial score (nSPS) is 12.1. The van der Waals surface area contributed by atoms with Crippen LogP contribution in [0.4, 0.5) is 10.1 Å². The summed E-state index contributed by atoms with van der Waals surface area (Å²) in [6.45, 7) is 5.73. The Morgan fingerprint density at radius 2 is 1.61 bits per heavy atom. The molecule has 1 atom stereocenters. The number of ether oxygens (including phenoxy) is 1. The molecule has 0 heterocycles. The van der Waals surface area contributed by atoms with E-state index in [1.54, 1.807) is 24.3 Å². The van der Waals surface area contributed by atoms with Gasteiger partial charge in [0.2, 0.25) is 5.91 Å². The van der Waals surface area contributed by atoms with Crippen LogP contribution in [0.25, 0.3) is 0 Å². The van der Waals surface area contributed by atoms with Gasteiger partial charge in [-0.2, -0.15) is 0 Å². The molecular weight excluding hydrogens is 443 g/mol. The first-order chi connectivity index (χ1) is 15.7. The topological polar surface area (TPSA) is 75.7 Å². The molecule has 0 aliphatic carbocycles. The van der Waals surface area contributed by atoms with Crippen molar-refractivity contribution in [2.75, 3.05) is 17.5 Å². The van der Waals surface area contributed by atoms with E-state index in [0.717, 1.165) is 33.3 Å². The Hall–Kier alpha value is -3.39. The molecule has 8 heteroatoms. The predicted molar refractivity (Wildman–Crippen MR) is 126 cm³/mol. The van der Waals surface area contributed by atoms with Crippen molar-refractivity contribution in [1.82, 2.24) is 5.32 Å². The number of nitrogens with zero attached hydrogens (tertiary/aromatic N) is 1. The molecule has 0 spiro atoms. The predicted octanol–water partition coefficient (Wildman–Crippen LogP) is 4.61. The average molecular weight is 471 g/mol. The lowest BCUT2D eigenvalue weighted by molar-refractivity contribution is -0.120. The highest BCUT2D eigenvalue weighted by molar-refractivity contribution is 7.92. The zero-order valence-corrected chi connectivity index (χ0v) is 19.6. The summed E-state index contributed by atoms with van der Waals surface area (Å²) >= 11 is 0. The second-order valence-electron chi connectivity index (χ2n) is 7.59. The summed E-state index contributed by atoms with van der Waals surface area (Å²) in [5, 5.41) is 2.85. The molecule has 6 nitrogen and oxygen atoms in total. The molecule has 0 radical (unpaired) electrons. The highest BCUT2D eigenvalue weighted by Crippen LogP contribution is 2.25. The van der Waals surface area contributed by atoms with E-state index in [0.29, 0.717) is 12.3 Å². The van der Waals surface area contributed by atoms with Gasteiger partial charge in [-0.1, -0.05) is 29.8 Å². The van der Waals surface area contributed by atoms with Crippen LogP contribution in [0.5, 0.6) is 5.75 Å². The Labute approximate surface area is 194 Å². The Morgan fingerprint density at radius 1 is 1.00 bits per heavy atom. The van der Waals surface area contributed by atoms with E-state index in [1.807, 2.05) is 45.0 Å². The molecule has 0 bridgehead atoms. The monoisotopic (exact) mass is 470 g/mol. The lowest BCUT2D eigenvalue weighted by Crippen LogP contribution is -2.41. The zero-order chi connectivity index (χ0) is 24.0. The molecule has 0 saturated heterocycles. The molecular formula is C25H27FN2O4S. The van der Waals surface area contributed by atoms with Crippen LogP contribution in [0, 0.1) is 12.7 Å². The van der Waals surface area contributed by atoms with Gasteiger partial charge >= 0.3 is 0 Å². The SMILES string of the molecule is CCOc1ccc([C@H](C)NC(=O)CN(c2ccc(C)cc2)S(=O)(=O)c2ccc(F)cc2)cc1. The first-order valence-corrected chi connectivity index (χ1v) is 12.0. The molecule has 174 valence electrons. The van der Waals surface area contributed by atoms with Gasteiger partial charge in [0.05, 0.1) is 23.2 Å². The number of nitrogens with one attached hydrogen (secondary N) is 1. The van der Waals surface area contributed by atoms with Crippen LogP contribution < -0.4 is 14.4 Å². The number of hydrogen-bond acceptors (Lipinski definition) is 4. The van der Waals surface area contributed by atoms with Crippen LogP contribution in [-0.2, 0) is 14.8 Å². The molecule has 0 unspecified atom stereocenters. The molecule has 0 fully saturated rings. The van der Waals surface area contributed by atoms with E-state index < -0.39 is 28.3 Å². The maximum Gasteiger partial charge on any atom is 0.264 e. The number of halogens is 1. The van der Waals surface area contributed by atoms with Gasteiger partial charge in [-0.05, 0) is 74.9 Å². The van der Waals surface area contributed by atoms with E-state index in [1.165, 1.54) is 12.1 Å². The lowest BCUT2D eigenvalue weighted by Gasteiger charge is -2.25. The van der Waals surface area contributed by atoms with E-state index in [4.69, 9.17) is 4.74 Å². The lowest BCUT2D eigenvalue weighted by atomic mass is 10.1. The van der Waals surface area contributed by atoms with Gasteiger partial charge in [0.25, 0.3) is 10.0 Å². The molecule has 0 aliphatic heterocycles. The number of benzene rings is 3. The van der Waals surface area contributed by atoms with Crippen molar-refractivity contribution >= 4 is 21.6 Å². The highest BCUT2D eigenvalue weighted by atomic mass is 32.2. The summed E-state index contributed by atoms with van der Waals surface area (Å²) < 4.78 is 46.5. The first kappa shape index (κ1) is 24.3. The maximum atomic E-state index is 13.3. The van der Waals surface area contributed by atoms with E-state index in [2.05, 4.69) is 5.32 Å². The smallest absolute Gasteiger partial charge is 0.264 e. The fourth-order valence-electron chi connectivity index (χ4n) is 3.28. The summed E-state index contributed by atoms with van der Waals surface area (Å²) in [6.07, 6.45) is 0. The van der Waals surface area contributed by atoms with Gasteiger partial charge in [0, 0.05) is 0 Å². The van der Waals surface area contributed by atoms with Crippen LogP contribution in [0.1, 0.15) is 31.0 Å². The van der Waals surface area contributed by atoms with Crippen LogP contribution >= 0.6 is 0 Å². The molecule has 0 aliphatic rings. The second kappa shape index (κ2) is 10.5. The summed E-state index contributed by atoms with van der Waals surface area (Å²) in [6, 6.07) is 18.3. The minimum absolute atomic E-state index is 0.100. The number of carbonyl (C=O) groups is 1. The van der Waals surface area contributed by atoms with Gasteiger partial charge in [-0.15, -0.1) is 0 Å². The van der Waals surface area contributed by atoms with Gasteiger partial charge < -0.3 is 10.1 Å². The Balaban J connectivity index is 1.83. The molecule has 0 saturated carbocycles. The highest BCUT2D eigenvalue weighted by Gasteiger charge is 2.27. The molecule has 1 amide bonds. The van der Waals surface area contributed by atoms with Gasteiger partial charge in [0.1, 0.15) is 18.1 Å². The third kappa shape index (κ3) is 6.10. The Morgan fingerprint density at radius 3 is 2.18 bits per heavy atom. The van der Waals surface area contributed by atoms with Crippen LogP contribution in [0.3, 0.4) is 0 Å². The third-order valence-corrected chi connectivity index (χ3v) is 6.87. The number of hydrogen-bond donors (Lipinski definition) is 1. The Kier molecular flexibility index (Phi) is 7.71. The number of rotatable bonds is 9. The summed E-state index contributed by atoms with van der Waals surface area (Å²) in [5.41, 5.74) is 2.15. The second-order valence-corrected chi connectivity index (χ2v) is 9.45. The van der Waals surface area contributed by atoms with Crippen molar-refractivity contribution < 1.29 is 22.3 Å². The molecule has 1 N–H and O–H groups in total. The average Bonchev–Trinajstić information content (AvgIpc) is 2.79. The van der Waals surface area contributed by atoms with Crippen molar-refractivity contribution in [2.24, 2.45) is 0 Å². The fraction of sp³-hybridized carbons (Fsp3) is 0.240. The minimum Gasteiger partial charge on any atom is -0.494 e. The summed E-state index contributed by atoms with van der Waals surface area (Å²) in [5.74, 6) is -0.281. The number of anilines is 1. The molecule has 3 aromatic rings. The maximum absolute atomic E-state index is 13.3. The van der Waals surface area contributed by atoms with Gasteiger partial charge in [0.15, 0.2) is 0 Å². The Bertz CT molecular complexity index is 1180. The number of aryl methyl sites for hydroxylation is 1. The summed E-state index contributed by atoms with van der Waals surface area (Å²) in [4.78, 5) is 12.8. The number of carbonyl (C=O) groups excluding carboxylic acids is 1. The standard InChI is InChI=1S/C25H27FN2O4S/c1-4-32-23-13-7-20(8-14-23)19(3)27-25(29)17-28(22-11-5-18(2)6-12-22)33(30,31)24-15-9-21(26)10-16-24/h5-16,19H,4,17H2,1-3H3,(H,27,29)/t19-/m0/s1. The number of amides is 1. The van der Waals surface area contributed by atoms with Crippen LogP contribution in [0.15, 0.2) is 77.7 Å². The minimum atomic E-state index is -4.10. The molecule has 3 rings (SSSR count). The quantitative estimate of drug-likeness (QED) is 0.496. The van der Waals surface area contributed by atoms with Gasteiger partial charge in [-0.25, -0.2) is 12.8 Å². The van der Waals surface area contributed by atoms with Crippen molar-refractivity contribution in [2.45, 2.75) is 31.7 Å². The van der Waals surface area contributed by atoms with Crippen molar-refractivity contribution in [3.63, 3.8) is 0 Å². The largest absolute Gasteiger partial charge is 0.494 e. The molecule has 33 heavy (non-hydrogen) atoms. The van der Waals surface area contributed by atoms with Crippen molar-refractivity contribution in [3.05, 3.63) is 89.7 Å². The first-order valence-electron chi connectivity index (χ1n) is 10.6. The van der Waals surface area contributed by atoms with E-state index in [9.17, 15) is 17.6 Å².